The molecule has 0 spiro atoms. The third-order valence-electron chi connectivity index (χ3n) is 5.75. The Morgan fingerprint density at radius 1 is 1.03 bits per heavy atom. The van der Waals surface area contributed by atoms with Crippen LogP contribution in [0.5, 0.6) is 0 Å². The van der Waals surface area contributed by atoms with Crippen molar-refractivity contribution in [2.45, 2.75) is 46.1 Å². The van der Waals surface area contributed by atoms with E-state index in [0.717, 1.165) is 24.3 Å². The lowest BCUT2D eigenvalue weighted by molar-refractivity contribution is 0.413. The fraction of sp³-hybridized carbons (Fsp3) is 0.385. The third-order valence-corrected chi connectivity index (χ3v) is 5.75. The van der Waals surface area contributed by atoms with Gasteiger partial charge in [0.25, 0.3) is 5.56 Å². The summed E-state index contributed by atoms with van der Waals surface area (Å²) < 4.78 is 3.45. The van der Waals surface area contributed by atoms with Crippen LogP contribution in [-0.4, -0.2) is 49.9 Å². The zero-order valence-electron chi connectivity index (χ0n) is 20.8. The first-order valence-electron chi connectivity index (χ1n) is 11.6. The predicted octanol–water partition coefficient (Wildman–Crippen LogP) is 4.14. The fourth-order valence-corrected chi connectivity index (χ4v) is 3.80. The molecule has 0 radical (unpaired) electrons. The van der Waals surface area contributed by atoms with Gasteiger partial charge >= 0.3 is 0 Å². The lowest BCUT2D eigenvalue weighted by Gasteiger charge is -2.19. The summed E-state index contributed by atoms with van der Waals surface area (Å²) >= 11 is 0. The smallest absolute Gasteiger partial charge is 0.278 e. The number of nitrogens with zero attached hydrogens (tertiary/aromatic N) is 6. The predicted molar refractivity (Wildman–Crippen MR) is 137 cm³/mol. The van der Waals surface area contributed by atoms with E-state index in [2.05, 4.69) is 62.2 Å². The summed E-state index contributed by atoms with van der Waals surface area (Å²) in [4.78, 5) is 29.2. The minimum atomic E-state index is -0.128. The molecule has 0 saturated carbocycles. The molecule has 1 aromatic carbocycles. The number of hydrogen-bond donors (Lipinski definition) is 1. The van der Waals surface area contributed by atoms with Crippen molar-refractivity contribution in [3.05, 3.63) is 70.3 Å². The summed E-state index contributed by atoms with van der Waals surface area (Å²) in [5.74, 6) is 1.10. The van der Waals surface area contributed by atoms with Crippen molar-refractivity contribution in [3.63, 3.8) is 0 Å². The van der Waals surface area contributed by atoms with Gasteiger partial charge in [0.2, 0.25) is 5.95 Å². The van der Waals surface area contributed by atoms with Crippen LogP contribution in [0, 0.1) is 0 Å². The first-order valence-corrected chi connectivity index (χ1v) is 11.6. The molecule has 4 aromatic rings. The average molecular weight is 460 g/mol. The van der Waals surface area contributed by atoms with Gasteiger partial charge in [-0.05, 0) is 57.3 Å². The van der Waals surface area contributed by atoms with Gasteiger partial charge in [-0.15, -0.1) is 0 Å². The minimum Gasteiger partial charge on any atom is -0.324 e. The number of aromatic nitrogens is 5. The molecule has 3 aromatic heterocycles. The van der Waals surface area contributed by atoms with Crippen LogP contribution in [0.25, 0.3) is 16.9 Å². The highest BCUT2D eigenvalue weighted by atomic mass is 16.1. The van der Waals surface area contributed by atoms with Gasteiger partial charge in [-0.25, -0.2) is 19.3 Å². The average Bonchev–Trinajstić information content (AvgIpc) is 3.09. The molecule has 0 atom stereocenters. The van der Waals surface area contributed by atoms with E-state index in [1.54, 1.807) is 15.6 Å². The molecule has 8 nitrogen and oxygen atoms in total. The first-order chi connectivity index (χ1) is 16.2. The number of rotatable bonds is 7. The van der Waals surface area contributed by atoms with Crippen LogP contribution in [0.1, 0.15) is 39.0 Å². The molecule has 0 saturated heterocycles. The highest BCUT2D eigenvalue weighted by molar-refractivity contribution is 5.77. The van der Waals surface area contributed by atoms with Crippen LogP contribution in [0.3, 0.4) is 0 Å². The van der Waals surface area contributed by atoms with E-state index >= 15 is 0 Å². The van der Waals surface area contributed by atoms with Crippen LogP contribution < -0.4 is 10.9 Å². The molecule has 4 rings (SSSR count). The summed E-state index contributed by atoms with van der Waals surface area (Å²) in [6, 6.07) is 14.1. The molecular formula is C26H33N7O. The van der Waals surface area contributed by atoms with Gasteiger partial charge in [0.15, 0.2) is 11.5 Å². The van der Waals surface area contributed by atoms with Crippen molar-refractivity contribution in [2.75, 3.05) is 26.0 Å². The summed E-state index contributed by atoms with van der Waals surface area (Å²) in [5.41, 5.74) is 3.40. The van der Waals surface area contributed by atoms with Crippen LogP contribution in [-0.2, 0) is 18.4 Å². The van der Waals surface area contributed by atoms with E-state index in [-0.39, 0.29) is 11.0 Å². The Morgan fingerprint density at radius 2 is 1.76 bits per heavy atom. The fourth-order valence-electron chi connectivity index (χ4n) is 3.80. The molecule has 0 aliphatic heterocycles. The van der Waals surface area contributed by atoms with Gasteiger partial charge in [0.05, 0.1) is 0 Å². The summed E-state index contributed by atoms with van der Waals surface area (Å²) in [7, 11) is 4.15. The Labute approximate surface area is 200 Å². The van der Waals surface area contributed by atoms with Gasteiger partial charge in [0, 0.05) is 36.1 Å². The monoisotopic (exact) mass is 459 g/mol. The molecular weight excluding hydrogens is 426 g/mol. The number of anilines is 2. The Kier molecular flexibility index (Phi) is 6.52. The summed E-state index contributed by atoms with van der Waals surface area (Å²) in [6.07, 6.45) is 2.59. The molecule has 3 heterocycles. The van der Waals surface area contributed by atoms with Gasteiger partial charge in [-0.1, -0.05) is 39.0 Å². The molecule has 0 aliphatic carbocycles. The van der Waals surface area contributed by atoms with E-state index in [4.69, 9.17) is 9.97 Å². The molecule has 8 heteroatoms. The standard InChI is InChI=1S/C26H33N7O/c1-7-32-24(34)20-17-27-25(28-19-13-11-18(12-14-19)15-16-31(5)6)30-23(20)33(32)22-10-8-9-21(29-22)26(2,3)4/h8-14,17H,7,15-16H2,1-6H3,(H,27,28,30). The van der Waals surface area contributed by atoms with Crippen molar-refractivity contribution < 1.29 is 0 Å². The van der Waals surface area contributed by atoms with E-state index in [1.807, 2.05) is 37.3 Å². The molecule has 1 N–H and O–H groups in total. The van der Waals surface area contributed by atoms with E-state index in [9.17, 15) is 4.79 Å². The van der Waals surface area contributed by atoms with Gasteiger partial charge < -0.3 is 10.2 Å². The van der Waals surface area contributed by atoms with Crippen molar-refractivity contribution in [1.82, 2.24) is 29.2 Å². The maximum absolute atomic E-state index is 13.1. The molecule has 0 unspecified atom stereocenters. The normalized spacial score (nSPS) is 12.0. The highest BCUT2D eigenvalue weighted by Gasteiger charge is 2.20. The number of nitrogens with one attached hydrogen (secondary N) is 1. The maximum atomic E-state index is 13.1. The minimum absolute atomic E-state index is 0.114. The number of hydrogen-bond acceptors (Lipinski definition) is 6. The van der Waals surface area contributed by atoms with E-state index in [0.29, 0.717) is 29.3 Å². The maximum Gasteiger partial charge on any atom is 0.278 e. The molecule has 0 amide bonds. The Balaban J connectivity index is 1.72. The SMILES string of the molecule is CCn1c(=O)c2cnc(Nc3ccc(CCN(C)C)cc3)nc2n1-c1cccc(C(C)(C)C)n1. The number of fused-ring (bicyclic) bond motifs is 1. The van der Waals surface area contributed by atoms with Crippen molar-refractivity contribution in [2.24, 2.45) is 0 Å². The second-order valence-electron chi connectivity index (χ2n) is 9.77. The quantitative estimate of drug-likeness (QED) is 0.447. The van der Waals surface area contributed by atoms with Crippen molar-refractivity contribution >= 4 is 22.7 Å². The largest absolute Gasteiger partial charge is 0.324 e. The van der Waals surface area contributed by atoms with Gasteiger partial charge in [-0.2, -0.15) is 4.98 Å². The number of pyridine rings is 1. The molecule has 0 bridgehead atoms. The second-order valence-corrected chi connectivity index (χ2v) is 9.77. The Hall–Kier alpha value is -3.52. The number of benzene rings is 1. The Bertz CT molecular complexity index is 1340. The van der Waals surface area contributed by atoms with Crippen LogP contribution in [0.15, 0.2) is 53.5 Å². The molecule has 0 aliphatic rings. The van der Waals surface area contributed by atoms with Crippen LogP contribution in [0.4, 0.5) is 11.6 Å². The lowest BCUT2D eigenvalue weighted by atomic mass is 9.92. The van der Waals surface area contributed by atoms with E-state index in [1.165, 1.54) is 5.56 Å². The highest BCUT2D eigenvalue weighted by Crippen LogP contribution is 2.23. The Morgan fingerprint density at radius 3 is 2.41 bits per heavy atom. The molecule has 178 valence electrons. The topological polar surface area (TPSA) is 80.9 Å². The van der Waals surface area contributed by atoms with Crippen LogP contribution >= 0.6 is 0 Å². The number of likely N-dealkylation sites (N-methyl/N-ethyl adjacent to an activating group) is 1. The second kappa shape index (κ2) is 9.38. The molecule has 0 fully saturated rings. The zero-order chi connectivity index (χ0) is 24.5. The molecule has 34 heavy (non-hydrogen) atoms. The van der Waals surface area contributed by atoms with Gasteiger partial charge in [-0.3, -0.25) is 4.79 Å². The van der Waals surface area contributed by atoms with Gasteiger partial charge in [0.1, 0.15) is 5.39 Å². The summed E-state index contributed by atoms with van der Waals surface area (Å²) in [6.45, 7) is 9.80. The first kappa shape index (κ1) is 23.6. The van der Waals surface area contributed by atoms with E-state index < -0.39 is 0 Å². The lowest BCUT2D eigenvalue weighted by Crippen LogP contribution is -2.23. The van der Waals surface area contributed by atoms with Crippen molar-refractivity contribution in [1.29, 1.82) is 0 Å². The van der Waals surface area contributed by atoms with Crippen molar-refractivity contribution in [3.8, 4) is 5.82 Å². The third kappa shape index (κ3) is 4.87. The zero-order valence-corrected chi connectivity index (χ0v) is 20.8. The van der Waals surface area contributed by atoms with Crippen LogP contribution in [0.2, 0.25) is 0 Å². The summed E-state index contributed by atoms with van der Waals surface area (Å²) in [5, 5.41) is 3.74.